The van der Waals surface area contributed by atoms with E-state index in [4.69, 9.17) is 0 Å². The van der Waals surface area contributed by atoms with Crippen LogP contribution in [0.15, 0.2) is 0 Å². The molecule has 2 fully saturated rings. The van der Waals surface area contributed by atoms with Gasteiger partial charge in [-0.1, -0.05) is 24.7 Å². The van der Waals surface area contributed by atoms with Crippen LogP contribution in [0.5, 0.6) is 0 Å². The lowest BCUT2D eigenvalue weighted by Gasteiger charge is -2.26. The molecule has 2 aliphatic rings. The minimum absolute atomic E-state index is 0.128. The van der Waals surface area contributed by atoms with Gasteiger partial charge in [0, 0.05) is 13.6 Å². The summed E-state index contributed by atoms with van der Waals surface area (Å²) in [5.41, 5.74) is 1.07. The standard InChI is InChI=1S/C15H24N2OS/c1-3-13-14(9-18)19-15(16-13)17(2)8-12-7-10-4-5-11(12)6-10/h10-12,18H,3-9H2,1-2H3. The van der Waals surface area contributed by atoms with E-state index in [-0.39, 0.29) is 6.61 Å². The smallest absolute Gasteiger partial charge is 0.185 e. The number of aromatic nitrogens is 1. The number of aliphatic hydroxyl groups is 1. The molecule has 0 aromatic carbocycles. The third kappa shape index (κ3) is 2.52. The molecule has 3 atom stereocenters. The summed E-state index contributed by atoms with van der Waals surface area (Å²) in [7, 11) is 2.16. The van der Waals surface area contributed by atoms with E-state index in [9.17, 15) is 5.11 Å². The lowest BCUT2D eigenvalue weighted by atomic mass is 9.88. The summed E-state index contributed by atoms with van der Waals surface area (Å²) in [6.45, 7) is 3.37. The van der Waals surface area contributed by atoms with Crippen molar-refractivity contribution < 1.29 is 5.11 Å². The van der Waals surface area contributed by atoms with Gasteiger partial charge in [0.05, 0.1) is 17.2 Å². The van der Waals surface area contributed by atoms with Crippen molar-refractivity contribution in [3.05, 3.63) is 10.6 Å². The Morgan fingerprint density at radius 2 is 2.21 bits per heavy atom. The first kappa shape index (κ1) is 13.4. The molecule has 4 heteroatoms. The summed E-state index contributed by atoms with van der Waals surface area (Å²) in [4.78, 5) is 8.04. The molecule has 2 bridgehead atoms. The zero-order valence-corrected chi connectivity index (χ0v) is 12.7. The molecule has 1 aromatic heterocycles. The number of rotatable bonds is 5. The highest BCUT2D eigenvalue weighted by Crippen LogP contribution is 2.48. The van der Waals surface area contributed by atoms with Crippen LogP contribution in [-0.2, 0) is 13.0 Å². The van der Waals surface area contributed by atoms with Crippen LogP contribution < -0.4 is 4.90 Å². The molecule has 3 nitrogen and oxygen atoms in total. The summed E-state index contributed by atoms with van der Waals surface area (Å²) < 4.78 is 0. The maximum absolute atomic E-state index is 9.37. The normalized spacial score (nSPS) is 29.1. The number of thiazole rings is 1. The van der Waals surface area contributed by atoms with Crippen molar-refractivity contribution in [3.63, 3.8) is 0 Å². The van der Waals surface area contributed by atoms with Crippen LogP contribution in [0.4, 0.5) is 5.13 Å². The molecule has 0 spiro atoms. The summed E-state index contributed by atoms with van der Waals surface area (Å²) in [5.74, 6) is 2.85. The third-order valence-corrected chi connectivity index (χ3v) is 6.16. The van der Waals surface area contributed by atoms with Crippen LogP contribution in [-0.4, -0.2) is 23.7 Å². The van der Waals surface area contributed by atoms with Crippen molar-refractivity contribution in [2.75, 3.05) is 18.5 Å². The summed E-state index contributed by atoms with van der Waals surface area (Å²) in [5, 5.41) is 10.5. The monoisotopic (exact) mass is 280 g/mol. The van der Waals surface area contributed by atoms with Crippen LogP contribution in [0, 0.1) is 17.8 Å². The minimum Gasteiger partial charge on any atom is -0.391 e. The Balaban J connectivity index is 1.66. The predicted octanol–water partition coefficient (Wildman–Crippen LogP) is 3.07. The van der Waals surface area contributed by atoms with E-state index in [0.717, 1.165) is 46.4 Å². The van der Waals surface area contributed by atoms with E-state index in [2.05, 4.69) is 23.9 Å². The molecule has 0 radical (unpaired) electrons. The zero-order valence-electron chi connectivity index (χ0n) is 11.9. The molecule has 3 unspecified atom stereocenters. The number of anilines is 1. The fourth-order valence-corrected chi connectivity index (χ4v) is 4.94. The SMILES string of the molecule is CCc1nc(N(C)CC2CC3CCC2C3)sc1CO. The van der Waals surface area contributed by atoms with Gasteiger partial charge in [0.15, 0.2) is 5.13 Å². The molecule has 106 valence electrons. The van der Waals surface area contributed by atoms with Gasteiger partial charge < -0.3 is 10.0 Å². The van der Waals surface area contributed by atoms with Crippen molar-refractivity contribution in [2.45, 2.75) is 45.6 Å². The van der Waals surface area contributed by atoms with Crippen LogP contribution in [0.3, 0.4) is 0 Å². The van der Waals surface area contributed by atoms with Gasteiger partial charge >= 0.3 is 0 Å². The lowest BCUT2D eigenvalue weighted by Crippen LogP contribution is -2.28. The number of hydrogen-bond acceptors (Lipinski definition) is 4. The Hall–Kier alpha value is -0.610. The van der Waals surface area contributed by atoms with Gasteiger partial charge in [0.1, 0.15) is 0 Å². The van der Waals surface area contributed by atoms with Crippen molar-refractivity contribution in [1.29, 1.82) is 0 Å². The quantitative estimate of drug-likeness (QED) is 0.900. The average Bonchev–Trinajstić information content (AvgIpc) is 3.12. The summed E-state index contributed by atoms with van der Waals surface area (Å²) in [6.07, 6.45) is 6.72. The molecule has 0 saturated heterocycles. The first-order valence-corrected chi connectivity index (χ1v) is 8.33. The van der Waals surface area contributed by atoms with Gasteiger partial charge in [-0.15, -0.1) is 0 Å². The van der Waals surface area contributed by atoms with Crippen molar-refractivity contribution in [3.8, 4) is 0 Å². The molecular formula is C15H24N2OS. The van der Waals surface area contributed by atoms with E-state index < -0.39 is 0 Å². The Kier molecular flexibility index (Phi) is 3.81. The fraction of sp³-hybridized carbons (Fsp3) is 0.800. The van der Waals surface area contributed by atoms with Crippen molar-refractivity contribution in [1.82, 2.24) is 4.98 Å². The fourth-order valence-electron chi connectivity index (χ4n) is 3.96. The maximum atomic E-state index is 9.37. The highest BCUT2D eigenvalue weighted by molar-refractivity contribution is 7.15. The Morgan fingerprint density at radius 3 is 2.74 bits per heavy atom. The lowest BCUT2D eigenvalue weighted by molar-refractivity contribution is 0.284. The van der Waals surface area contributed by atoms with E-state index >= 15 is 0 Å². The molecule has 0 aliphatic heterocycles. The molecule has 19 heavy (non-hydrogen) atoms. The first-order chi connectivity index (χ1) is 9.21. The van der Waals surface area contributed by atoms with Gasteiger partial charge in [-0.3, -0.25) is 0 Å². The van der Waals surface area contributed by atoms with E-state index in [1.807, 2.05) is 0 Å². The average molecular weight is 280 g/mol. The minimum atomic E-state index is 0.128. The second-order valence-electron chi connectivity index (χ2n) is 6.19. The van der Waals surface area contributed by atoms with Gasteiger partial charge in [-0.2, -0.15) is 0 Å². The number of aryl methyl sites for hydroxylation is 1. The molecule has 2 saturated carbocycles. The number of aliphatic hydroxyl groups excluding tert-OH is 1. The summed E-state index contributed by atoms with van der Waals surface area (Å²) >= 11 is 1.66. The van der Waals surface area contributed by atoms with Crippen LogP contribution in [0.1, 0.15) is 43.2 Å². The molecule has 2 aliphatic carbocycles. The number of nitrogens with zero attached hydrogens (tertiary/aromatic N) is 2. The van der Waals surface area contributed by atoms with Gasteiger partial charge in [-0.05, 0) is 43.4 Å². The molecule has 3 rings (SSSR count). The first-order valence-electron chi connectivity index (χ1n) is 7.51. The van der Waals surface area contributed by atoms with Crippen LogP contribution in [0.25, 0.3) is 0 Å². The van der Waals surface area contributed by atoms with E-state index in [1.54, 1.807) is 11.3 Å². The van der Waals surface area contributed by atoms with Gasteiger partial charge in [0.2, 0.25) is 0 Å². The third-order valence-electron chi connectivity index (χ3n) is 4.96. The van der Waals surface area contributed by atoms with Crippen molar-refractivity contribution in [2.24, 2.45) is 17.8 Å². The molecule has 1 aromatic rings. The van der Waals surface area contributed by atoms with Crippen LogP contribution >= 0.6 is 11.3 Å². The number of hydrogen-bond donors (Lipinski definition) is 1. The summed E-state index contributed by atoms with van der Waals surface area (Å²) in [6, 6.07) is 0. The molecule has 0 amide bonds. The highest BCUT2D eigenvalue weighted by Gasteiger charge is 2.39. The highest BCUT2D eigenvalue weighted by atomic mass is 32.1. The van der Waals surface area contributed by atoms with E-state index in [1.165, 1.54) is 25.7 Å². The predicted molar refractivity (Wildman–Crippen MR) is 79.6 cm³/mol. The molecule has 1 N–H and O–H groups in total. The molecular weight excluding hydrogens is 256 g/mol. The van der Waals surface area contributed by atoms with Gasteiger partial charge in [0.25, 0.3) is 0 Å². The number of fused-ring (bicyclic) bond motifs is 2. The Morgan fingerprint density at radius 1 is 1.37 bits per heavy atom. The Labute approximate surface area is 119 Å². The second kappa shape index (κ2) is 5.41. The van der Waals surface area contributed by atoms with E-state index in [0.29, 0.717) is 0 Å². The zero-order chi connectivity index (χ0) is 13.4. The Bertz CT molecular complexity index is 424. The largest absolute Gasteiger partial charge is 0.391 e. The van der Waals surface area contributed by atoms with Gasteiger partial charge in [-0.25, -0.2) is 4.98 Å². The maximum Gasteiger partial charge on any atom is 0.185 e. The topological polar surface area (TPSA) is 36.4 Å². The molecule has 1 heterocycles. The van der Waals surface area contributed by atoms with Crippen molar-refractivity contribution >= 4 is 16.5 Å². The van der Waals surface area contributed by atoms with Crippen LogP contribution in [0.2, 0.25) is 0 Å². The second-order valence-corrected chi connectivity index (χ2v) is 7.26.